The first-order valence-electron chi connectivity index (χ1n) is 5.41. The van der Waals surface area contributed by atoms with Gasteiger partial charge in [-0.05, 0) is 32.0 Å². The minimum atomic E-state index is -4.33. The molecule has 0 radical (unpaired) electrons. The van der Waals surface area contributed by atoms with Gasteiger partial charge in [0.25, 0.3) is 0 Å². The molecule has 1 atom stereocenters. The van der Waals surface area contributed by atoms with Crippen LogP contribution in [0.4, 0.5) is 19.0 Å². The number of nitrogens with one attached hydrogen (secondary N) is 2. The lowest BCUT2D eigenvalue weighted by Crippen LogP contribution is -2.37. The van der Waals surface area contributed by atoms with Crippen molar-refractivity contribution in [3.8, 4) is 0 Å². The van der Waals surface area contributed by atoms with Crippen LogP contribution in [0.15, 0.2) is 18.3 Å². The molecule has 3 nitrogen and oxygen atoms in total. The van der Waals surface area contributed by atoms with Crippen LogP contribution < -0.4 is 10.6 Å². The van der Waals surface area contributed by atoms with Crippen molar-refractivity contribution in [2.75, 3.05) is 18.4 Å². The monoisotopic (exact) mass is 245 g/mol. The van der Waals surface area contributed by atoms with E-state index in [2.05, 4.69) is 15.6 Å². The summed E-state index contributed by atoms with van der Waals surface area (Å²) in [5.74, 6) is 0.476. The van der Waals surface area contributed by atoms with Crippen LogP contribution in [0.5, 0.6) is 0 Å². The SMILES string of the molecule is CC1(Nc2ccc(C(F)(F)F)cn2)CCNC1. The molecular formula is C11H14F3N3. The molecule has 1 unspecified atom stereocenters. The van der Waals surface area contributed by atoms with Crippen molar-refractivity contribution in [1.29, 1.82) is 0 Å². The zero-order valence-electron chi connectivity index (χ0n) is 9.43. The summed E-state index contributed by atoms with van der Waals surface area (Å²) in [6.45, 7) is 3.71. The minimum absolute atomic E-state index is 0.132. The molecule has 1 aromatic rings. The quantitative estimate of drug-likeness (QED) is 0.839. The van der Waals surface area contributed by atoms with Crippen molar-refractivity contribution >= 4 is 5.82 Å². The maximum atomic E-state index is 12.3. The van der Waals surface area contributed by atoms with Gasteiger partial charge in [0.1, 0.15) is 5.82 Å². The summed E-state index contributed by atoms with van der Waals surface area (Å²) in [4.78, 5) is 3.79. The topological polar surface area (TPSA) is 37.0 Å². The Kier molecular flexibility index (Phi) is 2.99. The maximum absolute atomic E-state index is 12.3. The summed E-state index contributed by atoms with van der Waals surface area (Å²) in [5.41, 5.74) is -0.856. The van der Waals surface area contributed by atoms with Gasteiger partial charge in [-0.15, -0.1) is 0 Å². The highest BCUT2D eigenvalue weighted by molar-refractivity contribution is 5.39. The van der Waals surface area contributed by atoms with Crippen molar-refractivity contribution in [2.24, 2.45) is 0 Å². The number of rotatable bonds is 2. The van der Waals surface area contributed by atoms with Gasteiger partial charge in [0.05, 0.1) is 5.56 Å². The molecule has 1 aromatic heterocycles. The molecule has 1 aliphatic heterocycles. The highest BCUT2D eigenvalue weighted by atomic mass is 19.4. The number of nitrogens with zero attached hydrogens (tertiary/aromatic N) is 1. The number of pyridine rings is 1. The molecule has 1 saturated heterocycles. The first-order chi connectivity index (χ1) is 7.89. The fourth-order valence-corrected chi connectivity index (χ4v) is 1.87. The van der Waals surface area contributed by atoms with E-state index in [1.807, 2.05) is 6.92 Å². The Morgan fingerprint density at radius 2 is 2.18 bits per heavy atom. The average molecular weight is 245 g/mol. The zero-order valence-corrected chi connectivity index (χ0v) is 9.43. The maximum Gasteiger partial charge on any atom is 0.417 e. The molecule has 2 rings (SSSR count). The largest absolute Gasteiger partial charge is 0.417 e. The van der Waals surface area contributed by atoms with E-state index >= 15 is 0 Å². The lowest BCUT2D eigenvalue weighted by Gasteiger charge is -2.25. The lowest BCUT2D eigenvalue weighted by molar-refractivity contribution is -0.137. The Hall–Kier alpha value is -1.30. The standard InChI is InChI=1S/C11H14F3N3/c1-10(4-5-15-7-10)17-9-3-2-8(6-16-9)11(12,13)14/h2-3,6,15H,4-5,7H2,1H3,(H,16,17). The molecule has 1 fully saturated rings. The fourth-order valence-electron chi connectivity index (χ4n) is 1.87. The number of hydrogen-bond donors (Lipinski definition) is 2. The highest BCUT2D eigenvalue weighted by Gasteiger charge is 2.32. The van der Waals surface area contributed by atoms with Crippen molar-refractivity contribution < 1.29 is 13.2 Å². The van der Waals surface area contributed by atoms with Gasteiger partial charge in [-0.2, -0.15) is 13.2 Å². The van der Waals surface area contributed by atoms with Crippen LogP contribution in [0.3, 0.4) is 0 Å². The molecule has 17 heavy (non-hydrogen) atoms. The van der Waals surface area contributed by atoms with Gasteiger partial charge in [-0.1, -0.05) is 0 Å². The number of hydrogen-bond acceptors (Lipinski definition) is 3. The van der Waals surface area contributed by atoms with Crippen molar-refractivity contribution in [1.82, 2.24) is 10.3 Å². The van der Waals surface area contributed by atoms with Crippen LogP contribution in [0.2, 0.25) is 0 Å². The molecule has 0 amide bonds. The Bertz CT molecular complexity index is 380. The van der Waals surface area contributed by atoms with Gasteiger partial charge in [0, 0.05) is 18.3 Å². The molecule has 0 bridgehead atoms. The van der Waals surface area contributed by atoms with Gasteiger partial charge in [-0.3, -0.25) is 0 Å². The summed E-state index contributed by atoms with van der Waals surface area (Å²) >= 11 is 0. The number of aromatic nitrogens is 1. The van der Waals surface area contributed by atoms with Crippen LogP contribution in [0, 0.1) is 0 Å². The zero-order chi connectivity index (χ0) is 12.5. The number of alkyl halides is 3. The van der Waals surface area contributed by atoms with Gasteiger partial charge in [0.15, 0.2) is 0 Å². The Labute approximate surface area is 97.4 Å². The van der Waals surface area contributed by atoms with Crippen LogP contribution in [0.25, 0.3) is 0 Å². The highest BCUT2D eigenvalue weighted by Crippen LogP contribution is 2.29. The van der Waals surface area contributed by atoms with Crippen molar-refractivity contribution in [2.45, 2.75) is 25.1 Å². The molecule has 0 aromatic carbocycles. The molecule has 94 valence electrons. The third-order valence-electron chi connectivity index (χ3n) is 2.89. The third-order valence-corrected chi connectivity index (χ3v) is 2.89. The van der Waals surface area contributed by atoms with E-state index in [-0.39, 0.29) is 5.54 Å². The minimum Gasteiger partial charge on any atom is -0.364 e. The Balaban J connectivity index is 2.08. The van der Waals surface area contributed by atoms with Crippen molar-refractivity contribution in [3.63, 3.8) is 0 Å². The van der Waals surface area contributed by atoms with E-state index in [0.717, 1.165) is 31.8 Å². The molecule has 2 heterocycles. The Morgan fingerprint density at radius 3 is 2.65 bits per heavy atom. The summed E-state index contributed by atoms with van der Waals surface area (Å²) in [7, 11) is 0. The lowest BCUT2D eigenvalue weighted by atomic mass is 10.0. The van der Waals surface area contributed by atoms with E-state index in [1.54, 1.807) is 0 Å². The van der Waals surface area contributed by atoms with Crippen LogP contribution >= 0.6 is 0 Å². The first kappa shape index (κ1) is 12.2. The van der Waals surface area contributed by atoms with Gasteiger partial charge in [-0.25, -0.2) is 4.98 Å². The van der Waals surface area contributed by atoms with E-state index in [4.69, 9.17) is 0 Å². The Morgan fingerprint density at radius 1 is 1.41 bits per heavy atom. The van der Waals surface area contributed by atoms with Gasteiger partial charge in [0.2, 0.25) is 0 Å². The fraction of sp³-hybridized carbons (Fsp3) is 0.545. The van der Waals surface area contributed by atoms with E-state index < -0.39 is 11.7 Å². The predicted octanol–water partition coefficient (Wildman–Crippen LogP) is 2.26. The molecule has 0 saturated carbocycles. The van der Waals surface area contributed by atoms with Gasteiger partial charge >= 0.3 is 6.18 Å². The molecule has 1 aliphatic rings. The number of anilines is 1. The van der Waals surface area contributed by atoms with Crippen molar-refractivity contribution in [3.05, 3.63) is 23.9 Å². The molecule has 0 spiro atoms. The molecule has 0 aliphatic carbocycles. The second-order valence-corrected chi connectivity index (χ2v) is 4.54. The normalized spacial score (nSPS) is 24.9. The predicted molar refractivity (Wildman–Crippen MR) is 58.8 cm³/mol. The smallest absolute Gasteiger partial charge is 0.364 e. The van der Waals surface area contributed by atoms with E-state index in [1.165, 1.54) is 6.07 Å². The average Bonchev–Trinajstić information content (AvgIpc) is 2.64. The third kappa shape index (κ3) is 2.88. The van der Waals surface area contributed by atoms with Crippen LogP contribution in [-0.4, -0.2) is 23.6 Å². The van der Waals surface area contributed by atoms with E-state index in [9.17, 15) is 13.2 Å². The number of halogens is 3. The molecular weight excluding hydrogens is 231 g/mol. The summed E-state index contributed by atoms with van der Waals surface area (Å²) in [6, 6.07) is 2.41. The second-order valence-electron chi connectivity index (χ2n) is 4.54. The molecule has 2 N–H and O–H groups in total. The summed E-state index contributed by atoms with van der Waals surface area (Å²) in [6.07, 6.45) is -2.55. The van der Waals surface area contributed by atoms with E-state index in [0.29, 0.717) is 5.82 Å². The van der Waals surface area contributed by atoms with Crippen LogP contribution in [0.1, 0.15) is 18.9 Å². The molecule has 6 heteroatoms. The van der Waals surface area contributed by atoms with Gasteiger partial charge < -0.3 is 10.6 Å². The summed E-state index contributed by atoms with van der Waals surface area (Å²) in [5, 5.41) is 6.35. The summed E-state index contributed by atoms with van der Waals surface area (Å²) < 4.78 is 37.0. The first-order valence-corrected chi connectivity index (χ1v) is 5.41. The van der Waals surface area contributed by atoms with Crippen LogP contribution in [-0.2, 0) is 6.18 Å². The second kappa shape index (κ2) is 4.18.